The monoisotopic (exact) mass is 755 g/mol. The second-order valence-corrected chi connectivity index (χ2v) is 9.84. The molecule has 0 atom stereocenters. The Hall–Kier alpha value is -4.40. The summed E-state index contributed by atoms with van der Waals surface area (Å²) in [5.41, 5.74) is -15.6. The molecule has 47 heavy (non-hydrogen) atoms. The average molecular weight is 756 g/mol. The maximum absolute atomic E-state index is 15.7. The number of aromatic nitrogens is 1. The molecule has 1 aromatic heterocycles. The number of halogens is 13. The highest BCUT2D eigenvalue weighted by Gasteiger charge is 2.73. The molecule has 0 spiro atoms. The maximum Gasteiger partial charge on any atom is 0.435 e. The molecular weight excluding hydrogens is 742 g/mol. The Balaban J connectivity index is 2.14. The van der Waals surface area contributed by atoms with Gasteiger partial charge in [-0.05, 0) is 52.3 Å². The van der Waals surface area contributed by atoms with Crippen molar-refractivity contribution < 1.29 is 76.6 Å². The molecule has 0 bridgehead atoms. The largest absolute Gasteiger partial charge is 0.435 e. The van der Waals surface area contributed by atoms with Crippen LogP contribution in [0.1, 0.15) is 31.8 Å². The fourth-order valence-corrected chi connectivity index (χ4v) is 4.30. The molecule has 0 saturated carbocycles. The molecule has 2 aromatic carbocycles. The van der Waals surface area contributed by atoms with Crippen molar-refractivity contribution in [2.24, 2.45) is 0 Å². The third kappa shape index (κ3) is 7.61. The topological polar surface area (TPSA) is 97.8 Å². The van der Waals surface area contributed by atoms with Crippen molar-refractivity contribution >= 4 is 45.1 Å². The van der Waals surface area contributed by atoms with Crippen molar-refractivity contribution in [3.8, 4) is 0 Å². The van der Waals surface area contributed by atoms with E-state index in [1.165, 1.54) is 5.32 Å². The summed E-state index contributed by atoms with van der Waals surface area (Å²) in [5, 5.41) is 1.44. The number of hydrogen-bond acceptors (Lipinski definition) is 6. The normalized spacial score (nSPS) is 12.5. The van der Waals surface area contributed by atoms with Crippen LogP contribution in [0, 0.1) is 11.8 Å². The first-order chi connectivity index (χ1) is 21.5. The van der Waals surface area contributed by atoms with E-state index in [1.54, 1.807) is 0 Å². The number of carbonyl (C=O) groups is 3. The highest BCUT2D eigenvalue weighted by Crippen LogP contribution is 2.55. The number of carbonyl (C=O) groups excluding carboxylic acids is 3. The SMILES string of the molecule is COCC(=O)ON(C(=O)c1ccc(F)nc1)c1cccc(C(=O)Nc2c(Br)cc(C(F)(C(F)(F)F)C(F)(F)F)cc2C(F)(F)F)c1F. The number of nitrogens with zero attached hydrogens (tertiary/aromatic N) is 2. The fraction of sp³-hybridized carbons (Fsp3) is 0.231. The number of amides is 2. The summed E-state index contributed by atoms with van der Waals surface area (Å²) in [5.74, 6) is -7.37. The van der Waals surface area contributed by atoms with Gasteiger partial charge in [0.1, 0.15) is 12.3 Å². The Kier molecular flexibility index (Phi) is 10.5. The van der Waals surface area contributed by atoms with E-state index in [9.17, 15) is 62.7 Å². The van der Waals surface area contributed by atoms with Crippen LogP contribution in [0.15, 0.2) is 53.1 Å². The molecule has 2 amide bonds. The third-order valence-corrected chi connectivity index (χ3v) is 6.49. The summed E-state index contributed by atoms with van der Waals surface area (Å²) in [7, 11) is 1.03. The van der Waals surface area contributed by atoms with Crippen LogP contribution in [0.25, 0.3) is 0 Å². The van der Waals surface area contributed by atoms with Crippen LogP contribution in [0.4, 0.5) is 64.1 Å². The second kappa shape index (κ2) is 13.4. The number of benzene rings is 2. The van der Waals surface area contributed by atoms with Crippen molar-refractivity contribution in [3.63, 3.8) is 0 Å². The minimum absolute atomic E-state index is 0.0383. The molecule has 1 heterocycles. The van der Waals surface area contributed by atoms with E-state index in [0.717, 1.165) is 25.3 Å². The Morgan fingerprint density at radius 1 is 0.915 bits per heavy atom. The standard InChI is InChI=1S/C26H14BrF12N3O5/c1-46-10-18(43)47-42(22(45)11-5-6-17(28)40-9-11)16-4-2-3-13(19(16)29)21(44)41-20-14(24(31,32)33)7-12(8-15(20)27)23(30,25(34,35)36)26(37,38)39/h2-9H,10H2,1H3,(H,41,44). The van der Waals surface area contributed by atoms with Crippen molar-refractivity contribution in [1.82, 2.24) is 4.98 Å². The lowest BCUT2D eigenvalue weighted by Crippen LogP contribution is -2.50. The molecule has 254 valence electrons. The average Bonchev–Trinajstić information content (AvgIpc) is 2.95. The maximum atomic E-state index is 15.7. The minimum atomic E-state index is -6.79. The Labute approximate surface area is 262 Å². The van der Waals surface area contributed by atoms with Crippen molar-refractivity contribution in [3.05, 3.63) is 87.2 Å². The van der Waals surface area contributed by atoms with Gasteiger partial charge in [0.05, 0.1) is 22.4 Å². The van der Waals surface area contributed by atoms with E-state index in [-0.39, 0.29) is 11.1 Å². The Morgan fingerprint density at radius 2 is 1.53 bits per heavy atom. The first kappa shape index (κ1) is 37.1. The summed E-state index contributed by atoms with van der Waals surface area (Å²) in [6.07, 6.45) is -18.8. The molecular formula is C26H14BrF12N3O5. The molecule has 0 saturated heterocycles. The van der Waals surface area contributed by atoms with Crippen molar-refractivity contribution in [1.29, 1.82) is 0 Å². The summed E-state index contributed by atoms with van der Waals surface area (Å²) < 4.78 is 168. The van der Waals surface area contributed by atoms with Crippen LogP contribution in [-0.4, -0.2) is 48.8 Å². The summed E-state index contributed by atoms with van der Waals surface area (Å²) in [6, 6.07) is 2.56. The second-order valence-electron chi connectivity index (χ2n) is 8.99. The fourth-order valence-electron chi connectivity index (χ4n) is 3.74. The molecule has 0 aliphatic heterocycles. The van der Waals surface area contributed by atoms with Crippen LogP contribution in [0.2, 0.25) is 0 Å². The van der Waals surface area contributed by atoms with Crippen LogP contribution in [0.5, 0.6) is 0 Å². The third-order valence-electron chi connectivity index (χ3n) is 5.87. The molecule has 0 radical (unpaired) electrons. The molecule has 0 fully saturated rings. The molecule has 3 rings (SSSR count). The van der Waals surface area contributed by atoms with E-state index < -0.39 is 105 Å². The molecule has 8 nitrogen and oxygen atoms in total. The molecule has 0 aliphatic carbocycles. The lowest BCUT2D eigenvalue weighted by Gasteiger charge is -2.31. The van der Waals surface area contributed by atoms with Crippen LogP contribution >= 0.6 is 15.9 Å². The first-order valence-electron chi connectivity index (χ1n) is 12.0. The van der Waals surface area contributed by atoms with Gasteiger partial charge in [-0.25, -0.2) is 18.6 Å². The number of methoxy groups -OCH3 is 1. The Bertz CT molecular complexity index is 1660. The van der Waals surface area contributed by atoms with Crippen LogP contribution < -0.4 is 10.4 Å². The highest BCUT2D eigenvalue weighted by atomic mass is 79.9. The van der Waals surface area contributed by atoms with E-state index in [1.807, 2.05) is 0 Å². The first-order valence-corrected chi connectivity index (χ1v) is 12.8. The van der Waals surface area contributed by atoms with E-state index in [0.29, 0.717) is 18.3 Å². The zero-order valence-corrected chi connectivity index (χ0v) is 24.3. The summed E-state index contributed by atoms with van der Waals surface area (Å²) >= 11 is 2.30. The smallest absolute Gasteiger partial charge is 0.373 e. The zero-order valence-electron chi connectivity index (χ0n) is 22.7. The number of anilines is 2. The van der Waals surface area contributed by atoms with Crippen LogP contribution in [0.3, 0.4) is 0 Å². The van der Waals surface area contributed by atoms with E-state index in [4.69, 9.17) is 4.84 Å². The molecule has 3 aromatic rings. The van der Waals surface area contributed by atoms with Gasteiger partial charge in [0.2, 0.25) is 5.95 Å². The van der Waals surface area contributed by atoms with Gasteiger partial charge in [0, 0.05) is 23.3 Å². The van der Waals surface area contributed by atoms with Gasteiger partial charge in [-0.15, -0.1) is 5.06 Å². The van der Waals surface area contributed by atoms with E-state index in [2.05, 4.69) is 25.7 Å². The van der Waals surface area contributed by atoms with Gasteiger partial charge in [0.15, 0.2) is 5.82 Å². The highest BCUT2D eigenvalue weighted by molar-refractivity contribution is 9.10. The van der Waals surface area contributed by atoms with Crippen LogP contribution in [-0.2, 0) is 26.2 Å². The predicted molar refractivity (Wildman–Crippen MR) is 137 cm³/mol. The number of hydrogen-bond donors (Lipinski definition) is 1. The van der Waals surface area contributed by atoms with Gasteiger partial charge in [-0.3, -0.25) is 9.59 Å². The minimum Gasteiger partial charge on any atom is -0.373 e. The number of pyridine rings is 1. The number of rotatable bonds is 7. The summed E-state index contributed by atoms with van der Waals surface area (Å²) in [4.78, 5) is 46.1. The lowest BCUT2D eigenvalue weighted by atomic mass is 9.92. The molecule has 21 heteroatoms. The predicted octanol–water partition coefficient (Wildman–Crippen LogP) is 7.43. The van der Waals surface area contributed by atoms with Crippen molar-refractivity contribution in [2.75, 3.05) is 24.1 Å². The van der Waals surface area contributed by atoms with Gasteiger partial charge >= 0.3 is 30.2 Å². The van der Waals surface area contributed by atoms with Gasteiger partial charge < -0.3 is 14.9 Å². The van der Waals surface area contributed by atoms with Gasteiger partial charge in [-0.1, -0.05) is 6.07 Å². The van der Waals surface area contributed by atoms with E-state index >= 15 is 4.39 Å². The van der Waals surface area contributed by atoms with Gasteiger partial charge in [-0.2, -0.15) is 43.9 Å². The number of hydroxylamine groups is 1. The number of ether oxygens (including phenoxy) is 1. The number of nitrogens with one attached hydrogen (secondary N) is 1. The van der Waals surface area contributed by atoms with Crippen molar-refractivity contribution in [2.45, 2.75) is 24.2 Å². The lowest BCUT2D eigenvalue weighted by molar-refractivity contribution is -0.348. The number of alkyl halides is 10. The summed E-state index contributed by atoms with van der Waals surface area (Å²) in [6.45, 7) is -0.819. The zero-order chi connectivity index (χ0) is 35.7. The molecule has 0 unspecified atom stereocenters. The molecule has 1 N–H and O–H groups in total. The van der Waals surface area contributed by atoms with Gasteiger partial charge in [0.25, 0.3) is 11.8 Å². The Morgan fingerprint density at radius 3 is 2.04 bits per heavy atom. The quantitative estimate of drug-likeness (QED) is 0.153. The molecule has 0 aliphatic rings.